The van der Waals surface area contributed by atoms with Gasteiger partial charge in [0.15, 0.2) is 6.04 Å². The highest BCUT2D eigenvalue weighted by Gasteiger charge is 2.33. The summed E-state index contributed by atoms with van der Waals surface area (Å²) in [5.41, 5.74) is 0. The van der Waals surface area contributed by atoms with Crippen LogP contribution in [0.2, 0.25) is 0 Å². The van der Waals surface area contributed by atoms with Crippen LogP contribution in [0.25, 0.3) is 0 Å². The normalized spacial score (nSPS) is 26.1. The Labute approximate surface area is 124 Å². The molecule has 2 saturated heterocycles. The number of piperidine rings is 1. The molecule has 0 saturated carbocycles. The van der Waals surface area contributed by atoms with Crippen LogP contribution < -0.4 is 10.6 Å². The standard InChI is InChI=1S/C14H23N3O4/c1-2-21-14(20)10-4-3-7-17(9-10)12(18)8-11-13(19)16-6-5-15-11/h10-11,15H,2-9H2,1H3,(H,16,19)/p+1/t10-,11+/m0/s1. The Balaban J connectivity index is 1.86. The Hall–Kier alpha value is -1.63. The van der Waals surface area contributed by atoms with E-state index in [9.17, 15) is 14.4 Å². The Morgan fingerprint density at radius 2 is 2.29 bits per heavy atom. The maximum Gasteiger partial charge on any atom is 0.310 e. The summed E-state index contributed by atoms with van der Waals surface area (Å²) in [6.45, 7) is 4.66. The molecule has 0 aromatic rings. The van der Waals surface area contributed by atoms with Gasteiger partial charge in [0.1, 0.15) is 0 Å². The summed E-state index contributed by atoms with van der Waals surface area (Å²) in [5.74, 6) is -0.584. The summed E-state index contributed by atoms with van der Waals surface area (Å²) in [7, 11) is 0. The van der Waals surface area contributed by atoms with Crippen molar-refractivity contribution in [3.8, 4) is 0 Å². The molecule has 118 valence electrons. The summed E-state index contributed by atoms with van der Waals surface area (Å²) in [6.07, 6.45) is 1.76. The number of quaternary nitrogens is 1. The van der Waals surface area contributed by atoms with Crippen molar-refractivity contribution in [2.24, 2.45) is 5.92 Å². The van der Waals surface area contributed by atoms with Gasteiger partial charge >= 0.3 is 5.97 Å². The van der Waals surface area contributed by atoms with Crippen LogP contribution in [0.1, 0.15) is 26.2 Å². The van der Waals surface area contributed by atoms with E-state index in [2.05, 4.69) is 5.32 Å². The topological polar surface area (TPSA) is 92.3 Å². The molecule has 0 aromatic carbocycles. The summed E-state index contributed by atoms with van der Waals surface area (Å²) in [6, 6.07) is -0.339. The lowest BCUT2D eigenvalue weighted by molar-refractivity contribution is -0.678. The predicted molar refractivity (Wildman–Crippen MR) is 74.1 cm³/mol. The first-order valence-electron chi connectivity index (χ1n) is 7.67. The number of nitrogens with one attached hydrogen (secondary N) is 1. The van der Waals surface area contributed by atoms with Crippen LogP contribution in [0.5, 0.6) is 0 Å². The van der Waals surface area contributed by atoms with Crippen LogP contribution in [0.3, 0.4) is 0 Å². The molecular weight excluding hydrogens is 274 g/mol. The maximum absolute atomic E-state index is 12.3. The molecule has 2 heterocycles. The number of carbonyl (C=O) groups is 3. The number of hydrogen-bond acceptors (Lipinski definition) is 4. The number of hydrogen-bond donors (Lipinski definition) is 2. The molecule has 7 heteroatoms. The van der Waals surface area contributed by atoms with Gasteiger partial charge in [-0.2, -0.15) is 0 Å². The second-order valence-electron chi connectivity index (χ2n) is 5.56. The average molecular weight is 298 g/mol. The van der Waals surface area contributed by atoms with E-state index < -0.39 is 0 Å². The third-order valence-corrected chi connectivity index (χ3v) is 4.02. The van der Waals surface area contributed by atoms with Crippen LogP contribution in [0.4, 0.5) is 0 Å². The summed E-state index contributed by atoms with van der Waals surface area (Å²) >= 11 is 0. The lowest BCUT2D eigenvalue weighted by atomic mass is 9.97. The van der Waals surface area contributed by atoms with E-state index >= 15 is 0 Å². The molecule has 2 aliphatic heterocycles. The Morgan fingerprint density at radius 3 is 3.00 bits per heavy atom. The van der Waals surface area contributed by atoms with Crippen molar-refractivity contribution in [2.45, 2.75) is 32.2 Å². The molecule has 0 spiro atoms. The fourth-order valence-electron chi connectivity index (χ4n) is 2.87. The SMILES string of the molecule is CCOC(=O)[C@H]1CCCN(C(=O)C[C@H]2[NH2+]CCNC2=O)C1. The number of ether oxygens (including phenoxy) is 1. The van der Waals surface area contributed by atoms with E-state index in [0.29, 0.717) is 26.2 Å². The minimum absolute atomic E-state index is 0.0534. The molecule has 2 amide bonds. The van der Waals surface area contributed by atoms with Gasteiger partial charge in [0, 0.05) is 13.1 Å². The van der Waals surface area contributed by atoms with Gasteiger partial charge in [-0.3, -0.25) is 14.4 Å². The highest BCUT2D eigenvalue weighted by atomic mass is 16.5. The zero-order valence-electron chi connectivity index (χ0n) is 12.5. The molecule has 2 fully saturated rings. The quantitative estimate of drug-likeness (QED) is 0.602. The van der Waals surface area contributed by atoms with Gasteiger partial charge in [-0.05, 0) is 19.8 Å². The lowest BCUT2D eigenvalue weighted by Gasteiger charge is -2.32. The average Bonchev–Trinajstić information content (AvgIpc) is 2.50. The number of likely N-dealkylation sites (tertiary alicyclic amines) is 1. The van der Waals surface area contributed by atoms with Gasteiger partial charge in [-0.15, -0.1) is 0 Å². The molecule has 2 atom stereocenters. The minimum atomic E-state index is -0.339. The van der Waals surface area contributed by atoms with Gasteiger partial charge in [0.25, 0.3) is 5.91 Å². The zero-order valence-corrected chi connectivity index (χ0v) is 12.5. The molecular formula is C14H24N3O4+. The number of nitrogens with two attached hydrogens (primary N) is 1. The van der Waals surface area contributed by atoms with E-state index in [0.717, 1.165) is 19.4 Å². The highest BCUT2D eigenvalue weighted by molar-refractivity contribution is 5.87. The van der Waals surface area contributed by atoms with Gasteiger partial charge in [0.05, 0.1) is 32.0 Å². The summed E-state index contributed by atoms with van der Waals surface area (Å²) < 4.78 is 5.03. The van der Waals surface area contributed by atoms with Crippen molar-refractivity contribution >= 4 is 17.8 Å². The van der Waals surface area contributed by atoms with E-state index in [1.165, 1.54) is 0 Å². The first-order valence-corrected chi connectivity index (χ1v) is 7.67. The first-order chi connectivity index (χ1) is 10.1. The second-order valence-corrected chi connectivity index (χ2v) is 5.56. The van der Waals surface area contributed by atoms with Crippen LogP contribution >= 0.6 is 0 Å². The number of esters is 1. The van der Waals surface area contributed by atoms with E-state index in [1.54, 1.807) is 11.8 Å². The summed E-state index contributed by atoms with van der Waals surface area (Å²) in [5, 5.41) is 4.68. The summed E-state index contributed by atoms with van der Waals surface area (Å²) in [4.78, 5) is 37.5. The van der Waals surface area contributed by atoms with Crippen molar-refractivity contribution in [3.05, 3.63) is 0 Å². The Bertz CT molecular complexity index is 413. The van der Waals surface area contributed by atoms with Crippen molar-refractivity contribution < 1.29 is 24.4 Å². The second kappa shape index (κ2) is 7.40. The molecule has 0 aliphatic carbocycles. The van der Waals surface area contributed by atoms with Crippen molar-refractivity contribution in [1.29, 1.82) is 0 Å². The van der Waals surface area contributed by atoms with Crippen LogP contribution in [-0.4, -0.2) is 61.5 Å². The van der Waals surface area contributed by atoms with Gasteiger partial charge in [-0.25, -0.2) is 0 Å². The van der Waals surface area contributed by atoms with Crippen molar-refractivity contribution in [2.75, 3.05) is 32.8 Å². The smallest absolute Gasteiger partial charge is 0.310 e. The number of carbonyl (C=O) groups excluding carboxylic acids is 3. The molecule has 0 unspecified atom stereocenters. The molecule has 21 heavy (non-hydrogen) atoms. The number of piperazine rings is 1. The fraction of sp³-hybridized carbons (Fsp3) is 0.786. The minimum Gasteiger partial charge on any atom is -0.466 e. The fourth-order valence-corrected chi connectivity index (χ4v) is 2.87. The van der Waals surface area contributed by atoms with E-state index in [4.69, 9.17) is 4.74 Å². The van der Waals surface area contributed by atoms with E-state index in [-0.39, 0.29) is 36.2 Å². The first kappa shape index (κ1) is 15.8. The maximum atomic E-state index is 12.3. The van der Waals surface area contributed by atoms with Gasteiger partial charge in [0.2, 0.25) is 5.91 Å². The van der Waals surface area contributed by atoms with Crippen LogP contribution in [0, 0.1) is 5.92 Å². The molecule has 7 nitrogen and oxygen atoms in total. The molecule has 0 aromatic heterocycles. The van der Waals surface area contributed by atoms with Gasteiger partial charge < -0.3 is 20.3 Å². The largest absolute Gasteiger partial charge is 0.466 e. The lowest BCUT2D eigenvalue weighted by Crippen LogP contribution is -2.96. The molecule has 2 rings (SSSR count). The monoisotopic (exact) mass is 298 g/mol. The van der Waals surface area contributed by atoms with Crippen LogP contribution in [0.15, 0.2) is 0 Å². The third-order valence-electron chi connectivity index (χ3n) is 4.02. The molecule has 0 bridgehead atoms. The number of rotatable bonds is 4. The highest BCUT2D eigenvalue weighted by Crippen LogP contribution is 2.18. The van der Waals surface area contributed by atoms with Crippen molar-refractivity contribution in [3.63, 3.8) is 0 Å². The van der Waals surface area contributed by atoms with Crippen molar-refractivity contribution in [1.82, 2.24) is 10.2 Å². The number of amides is 2. The Morgan fingerprint density at radius 1 is 1.48 bits per heavy atom. The number of nitrogens with zero attached hydrogens (tertiary/aromatic N) is 1. The zero-order chi connectivity index (χ0) is 15.2. The third kappa shape index (κ3) is 4.17. The molecule has 0 radical (unpaired) electrons. The van der Waals surface area contributed by atoms with E-state index in [1.807, 2.05) is 5.32 Å². The molecule has 3 N–H and O–H groups in total. The van der Waals surface area contributed by atoms with Crippen LogP contribution in [-0.2, 0) is 19.1 Å². The Kier molecular flexibility index (Phi) is 5.55. The van der Waals surface area contributed by atoms with Gasteiger partial charge in [-0.1, -0.05) is 0 Å². The predicted octanol–water partition coefficient (Wildman–Crippen LogP) is -1.76. The molecule has 2 aliphatic rings.